The van der Waals surface area contributed by atoms with E-state index in [0.717, 1.165) is 77.0 Å². The molecule has 1 saturated heterocycles. The van der Waals surface area contributed by atoms with Crippen molar-refractivity contribution in [1.82, 2.24) is 19.4 Å². The molecule has 6 rings (SSSR count). The second-order valence-corrected chi connectivity index (χ2v) is 10.4. The fourth-order valence-electron chi connectivity index (χ4n) is 4.79. The van der Waals surface area contributed by atoms with Gasteiger partial charge >= 0.3 is 0 Å². The predicted octanol–water partition coefficient (Wildman–Crippen LogP) is 6.43. The monoisotopic (exact) mass is 499 g/mol. The number of thiophene rings is 1. The van der Waals surface area contributed by atoms with Crippen molar-refractivity contribution >= 4 is 39.8 Å². The molecule has 0 spiro atoms. The molecule has 0 bridgehead atoms. The molecule has 0 aliphatic carbocycles. The summed E-state index contributed by atoms with van der Waals surface area (Å²) in [6.45, 7) is 6.94. The number of hydrogen-bond donors (Lipinski definition) is 0. The number of rotatable bonds is 5. The number of aryl methyl sites for hydroxylation is 1. The summed E-state index contributed by atoms with van der Waals surface area (Å²) < 4.78 is 2.14. The Bertz CT molecular complexity index is 1450. The maximum atomic E-state index is 6.50. The summed E-state index contributed by atoms with van der Waals surface area (Å²) in [6.07, 6.45) is 3.86. The molecule has 3 aromatic heterocycles. The van der Waals surface area contributed by atoms with Crippen LogP contribution in [0.25, 0.3) is 27.8 Å². The molecule has 0 atom stereocenters. The Balaban J connectivity index is 1.41. The highest BCUT2D eigenvalue weighted by Crippen LogP contribution is 2.37. The standard InChI is InChI=1S/C28H26ClN5S/c1-20-9-10-22(16-25(20)29)34-18-24(21-6-3-2-4-7-21)26-27(30-19-31-28(26)34)33-13-11-32(12-14-33)17-23-8-5-15-35-23/h2-10,15-16,18-19H,11-14,17H2,1H3. The van der Waals surface area contributed by atoms with Crippen molar-refractivity contribution in [2.75, 3.05) is 31.1 Å². The van der Waals surface area contributed by atoms with Crippen molar-refractivity contribution in [2.45, 2.75) is 13.5 Å². The molecule has 1 aliphatic heterocycles. The number of piperazine rings is 1. The van der Waals surface area contributed by atoms with E-state index in [1.54, 1.807) is 6.33 Å². The molecule has 5 aromatic rings. The summed E-state index contributed by atoms with van der Waals surface area (Å²) >= 11 is 8.33. The lowest BCUT2D eigenvalue weighted by Crippen LogP contribution is -2.46. The predicted molar refractivity (Wildman–Crippen MR) is 146 cm³/mol. The number of benzene rings is 2. The van der Waals surface area contributed by atoms with Crippen LogP contribution in [0.2, 0.25) is 5.02 Å². The van der Waals surface area contributed by atoms with E-state index in [1.165, 1.54) is 4.88 Å². The van der Waals surface area contributed by atoms with Crippen LogP contribution < -0.4 is 4.90 Å². The maximum Gasteiger partial charge on any atom is 0.150 e. The number of hydrogen-bond acceptors (Lipinski definition) is 5. The minimum absolute atomic E-state index is 0.752. The zero-order valence-electron chi connectivity index (χ0n) is 19.6. The molecule has 5 nitrogen and oxygen atoms in total. The van der Waals surface area contributed by atoms with Gasteiger partial charge in [-0.15, -0.1) is 11.3 Å². The Morgan fingerprint density at radius 1 is 0.943 bits per heavy atom. The largest absolute Gasteiger partial charge is 0.353 e. The van der Waals surface area contributed by atoms with E-state index < -0.39 is 0 Å². The molecule has 1 fully saturated rings. The van der Waals surface area contributed by atoms with E-state index >= 15 is 0 Å². The first kappa shape index (κ1) is 22.3. The molecule has 1 aliphatic rings. The van der Waals surface area contributed by atoms with Crippen LogP contribution in [-0.4, -0.2) is 45.6 Å². The van der Waals surface area contributed by atoms with Crippen molar-refractivity contribution in [1.29, 1.82) is 0 Å². The van der Waals surface area contributed by atoms with E-state index in [4.69, 9.17) is 21.6 Å². The molecule has 176 valence electrons. The molecule has 4 heterocycles. The van der Waals surface area contributed by atoms with Crippen LogP contribution in [0.3, 0.4) is 0 Å². The summed E-state index contributed by atoms with van der Waals surface area (Å²) in [5.41, 5.74) is 5.25. The minimum Gasteiger partial charge on any atom is -0.353 e. The minimum atomic E-state index is 0.752. The number of nitrogens with zero attached hydrogens (tertiary/aromatic N) is 5. The molecule has 0 saturated carbocycles. The molecule has 0 radical (unpaired) electrons. The molecule has 7 heteroatoms. The highest BCUT2D eigenvalue weighted by molar-refractivity contribution is 7.09. The molecule has 0 unspecified atom stereocenters. The second kappa shape index (κ2) is 9.46. The Morgan fingerprint density at radius 2 is 1.77 bits per heavy atom. The topological polar surface area (TPSA) is 37.2 Å². The average Bonchev–Trinajstić information content (AvgIpc) is 3.55. The van der Waals surface area contributed by atoms with Crippen LogP contribution in [-0.2, 0) is 6.54 Å². The van der Waals surface area contributed by atoms with Crippen LogP contribution in [0.1, 0.15) is 10.4 Å². The summed E-state index contributed by atoms with van der Waals surface area (Å²) in [7, 11) is 0. The zero-order chi connectivity index (χ0) is 23.8. The van der Waals surface area contributed by atoms with Gasteiger partial charge in [0.2, 0.25) is 0 Å². The first-order valence-corrected chi connectivity index (χ1v) is 13.1. The molecule has 2 aromatic carbocycles. The smallest absolute Gasteiger partial charge is 0.150 e. The van der Waals surface area contributed by atoms with Gasteiger partial charge in [0.15, 0.2) is 5.65 Å². The lowest BCUT2D eigenvalue weighted by atomic mass is 10.1. The summed E-state index contributed by atoms with van der Waals surface area (Å²) in [5, 5.41) is 3.99. The van der Waals surface area contributed by atoms with E-state index in [1.807, 2.05) is 30.4 Å². The third-order valence-electron chi connectivity index (χ3n) is 6.71. The molecular weight excluding hydrogens is 474 g/mol. The lowest BCUT2D eigenvalue weighted by molar-refractivity contribution is 0.251. The fourth-order valence-corrected chi connectivity index (χ4v) is 5.71. The number of aromatic nitrogens is 3. The molecule has 0 N–H and O–H groups in total. The molecule has 35 heavy (non-hydrogen) atoms. The van der Waals surface area contributed by atoms with E-state index in [9.17, 15) is 0 Å². The van der Waals surface area contributed by atoms with E-state index in [-0.39, 0.29) is 0 Å². The number of anilines is 1. The van der Waals surface area contributed by atoms with Crippen molar-refractivity contribution < 1.29 is 0 Å². The summed E-state index contributed by atoms with van der Waals surface area (Å²) in [6, 6.07) is 21.0. The third kappa shape index (κ3) is 4.33. The summed E-state index contributed by atoms with van der Waals surface area (Å²) in [4.78, 5) is 15.9. The highest BCUT2D eigenvalue weighted by atomic mass is 35.5. The Kier molecular flexibility index (Phi) is 6.02. The van der Waals surface area contributed by atoms with Crippen LogP contribution in [0.15, 0.2) is 78.6 Å². The van der Waals surface area contributed by atoms with Gasteiger partial charge in [0.25, 0.3) is 0 Å². The highest BCUT2D eigenvalue weighted by Gasteiger charge is 2.24. The Hall–Kier alpha value is -3.19. The first-order chi connectivity index (χ1) is 17.2. The SMILES string of the molecule is Cc1ccc(-n2cc(-c3ccccc3)c3c(N4CCN(Cc5cccs5)CC4)ncnc32)cc1Cl. The normalized spacial score (nSPS) is 14.6. The quantitative estimate of drug-likeness (QED) is 0.279. The van der Waals surface area contributed by atoms with Crippen LogP contribution in [0, 0.1) is 6.92 Å². The average molecular weight is 500 g/mol. The zero-order valence-corrected chi connectivity index (χ0v) is 21.1. The Morgan fingerprint density at radius 3 is 2.51 bits per heavy atom. The van der Waals surface area contributed by atoms with Gasteiger partial charge in [-0.3, -0.25) is 4.90 Å². The second-order valence-electron chi connectivity index (χ2n) is 8.95. The first-order valence-electron chi connectivity index (χ1n) is 11.8. The van der Waals surface area contributed by atoms with Crippen molar-refractivity contribution in [2.24, 2.45) is 0 Å². The van der Waals surface area contributed by atoms with Crippen LogP contribution in [0.5, 0.6) is 0 Å². The van der Waals surface area contributed by atoms with Gasteiger partial charge in [0, 0.05) is 60.1 Å². The van der Waals surface area contributed by atoms with Gasteiger partial charge in [-0.25, -0.2) is 9.97 Å². The number of halogens is 1. The lowest BCUT2D eigenvalue weighted by Gasteiger charge is -2.35. The summed E-state index contributed by atoms with van der Waals surface area (Å²) in [5.74, 6) is 1.00. The van der Waals surface area contributed by atoms with Crippen LogP contribution in [0.4, 0.5) is 5.82 Å². The Labute approximate surface area is 214 Å². The van der Waals surface area contributed by atoms with E-state index in [0.29, 0.717) is 0 Å². The fraction of sp³-hybridized carbons (Fsp3) is 0.214. The number of fused-ring (bicyclic) bond motifs is 1. The van der Waals surface area contributed by atoms with Gasteiger partial charge < -0.3 is 9.47 Å². The third-order valence-corrected chi connectivity index (χ3v) is 7.98. The van der Waals surface area contributed by atoms with Crippen molar-refractivity contribution in [3.63, 3.8) is 0 Å². The van der Waals surface area contributed by atoms with Gasteiger partial charge in [-0.2, -0.15) is 0 Å². The van der Waals surface area contributed by atoms with E-state index in [2.05, 4.69) is 74.5 Å². The van der Waals surface area contributed by atoms with Gasteiger partial charge in [0.1, 0.15) is 12.1 Å². The van der Waals surface area contributed by atoms with Gasteiger partial charge in [-0.1, -0.05) is 54.1 Å². The molecule has 0 amide bonds. The van der Waals surface area contributed by atoms with Crippen molar-refractivity contribution in [3.8, 4) is 16.8 Å². The molecular formula is C28H26ClN5S. The van der Waals surface area contributed by atoms with Gasteiger partial charge in [0.05, 0.1) is 5.39 Å². The maximum absolute atomic E-state index is 6.50. The van der Waals surface area contributed by atoms with Crippen LogP contribution >= 0.6 is 22.9 Å². The van der Waals surface area contributed by atoms with Crippen molar-refractivity contribution in [3.05, 3.63) is 94.0 Å². The van der Waals surface area contributed by atoms with Gasteiger partial charge in [-0.05, 0) is 41.6 Å².